The highest BCUT2D eigenvalue weighted by Gasteiger charge is 2.19. The lowest BCUT2D eigenvalue weighted by molar-refractivity contribution is 0.671. The minimum atomic E-state index is 0.597. The van der Waals surface area contributed by atoms with Gasteiger partial charge in [-0.25, -0.2) is 29.9 Å². The Bertz CT molecular complexity index is 3840. The Kier molecular flexibility index (Phi) is 11.1. The lowest BCUT2D eigenvalue weighted by atomic mass is 9.99. The fraction of sp³-hybridized carbons (Fsp3) is 0. The number of hydrogen-bond acceptors (Lipinski definition) is 7. The van der Waals surface area contributed by atoms with Crippen LogP contribution in [0.25, 0.3) is 135 Å². The van der Waals surface area contributed by atoms with Gasteiger partial charge in [-0.05, 0) is 45.5 Å². The number of benzene rings is 10. The largest absolute Gasteiger partial charge is 0.455 e. The smallest absolute Gasteiger partial charge is 0.164 e. The molecular weight excluding hydrogens is 893 g/mol. The van der Waals surface area contributed by atoms with Gasteiger partial charge in [0.25, 0.3) is 0 Å². The van der Waals surface area contributed by atoms with Crippen molar-refractivity contribution in [1.29, 1.82) is 0 Å². The third-order valence-corrected chi connectivity index (χ3v) is 13.2. The molecule has 0 aliphatic heterocycles. The van der Waals surface area contributed by atoms with Crippen molar-refractivity contribution in [2.24, 2.45) is 0 Å². The molecule has 10 aromatic carbocycles. The molecule has 3 aromatic heterocycles. The molecule has 0 unspecified atom stereocenters. The minimum Gasteiger partial charge on any atom is -0.455 e. The second kappa shape index (κ2) is 18.7. The SMILES string of the molecule is c1ccc(-c2cccc(-c3nc(-c4ccccc4)nc(-c4ccc(-c5cccc6c5oc5c(-c7ccc(-c8nc(-c9ccccc9)nc(-c9cccc(-c%10ccccc%10)c9)n8)cc7)cccc56)cc4)n3)c2)cc1. The van der Waals surface area contributed by atoms with Gasteiger partial charge >= 0.3 is 0 Å². The molecule has 0 aliphatic carbocycles. The molecule has 0 saturated carbocycles. The average Bonchev–Trinajstić information content (AvgIpc) is 3.87. The van der Waals surface area contributed by atoms with Crippen LogP contribution in [0.1, 0.15) is 0 Å². The fourth-order valence-corrected chi connectivity index (χ4v) is 9.51. The Morgan fingerprint density at radius 2 is 0.452 bits per heavy atom. The lowest BCUT2D eigenvalue weighted by Crippen LogP contribution is -2.00. The quantitative estimate of drug-likeness (QED) is 0.135. The molecule has 7 heteroatoms. The topological polar surface area (TPSA) is 90.5 Å². The molecular formula is C66H42N6O. The summed E-state index contributed by atoms with van der Waals surface area (Å²) in [4.78, 5) is 30.2. The Hall–Kier alpha value is -9.98. The van der Waals surface area contributed by atoms with Gasteiger partial charge in [-0.15, -0.1) is 0 Å². The zero-order valence-electron chi connectivity index (χ0n) is 39.3. The van der Waals surface area contributed by atoms with E-state index in [0.29, 0.717) is 34.9 Å². The summed E-state index contributed by atoms with van der Waals surface area (Å²) in [7, 11) is 0. The van der Waals surface area contributed by atoms with E-state index in [1.165, 1.54) is 0 Å². The fourth-order valence-electron chi connectivity index (χ4n) is 9.51. The molecule has 3 heterocycles. The molecule has 0 N–H and O–H groups in total. The summed E-state index contributed by atoms with van der Waals surface area (Å²) < 4.78 is 6.93. The highest BCUT2D eigenvalue weighted by molar-refractivity contribution is 6.13. The molecule has 73 heavy (non-hydrogen) atoms. The van der Waals surface area contributed by atoms with Crippen LogP contribution < -0.4 is 0 Å². The molecule has 342 valence electrons. The second-order valence-corrected chi connectivity index (χ2v) is 17.9. The molecule has 13 rings (SSSR count). The van der Waals surface area contributed by atoms with E-state index in [1.54, 1.807) is 0 Å². The van der Waals surface area contributed by atoms with Gasteiger partial charge in [-0.1, -0.05) is 243 Å². The third kappa shape index (κ3) is 8.51. The Balaban J connectivity index is 0.834. The zero-order valence-corrected chi connectivity index (χ0v) is 39.3. The van der Waals surface area contributed by atoms with E-state index in [-0.39, 0.29) is 0 Å². The highest BCUT2D eigenvalue weighted by atomic mass is 16.3. The second-order valence-electron chi connectivity index (χ2n) is 17.9. The Morgan fingerprint density at radius 3 is 0.808 bits per heavy atom. The maximum absolute atomic E-state index is 6.93. The number of furan rings is 1. The maximum Gasteiger partial charge on any atom is 0.164 e. The third-order valence-electron chi connectivity index (χ3n) is 13.2. The first-order valence-corrected chi connectivity index (χ1v) is 24.3. The van der Waals surface area contributed by atoms with Crippen molar-refractivity contribution >= 4 is 21.9 Å². The molecule has 0 atom stereocenters. The van der Waals surface area contributed by atoms with Crippen molar-refractivity contribution in [3.63, 3.8) is 0 Å². The first-order chi connectivity index (χ1) is 36.1. The van der Waals surface area contributed by atoms with Crippen molar-refractivity contribution < 1.29 is 4.42 Å². The van der Waals surface area contributed by atoms with Crippen LogP contribution in [0.2, 0.25) is 0 Å². The van der Waals surface area contributed by atoms with E-state index in [9.17, 15) is 0 Å². The van der Waals surface area contributed by atoms with Crippen LogP contribution in [0.3, 0.4) is 0 Å². The molecule has 0 fully saturated rings. The predicted octanol–water partition coefficient (Wildman–Crippen LogP) is 16.6. The van der Waals surface area contributed by atoms with Crippen LogP contribution >= 0.6 is 0 Å². The van der Waals surface area contributed by atoms with Gasteiger partial charge in [0.15, 0.2) is 34.9 Å². The van der Waals surface area contributed by atoms with E-state index >= 15 is 0 Å². The predicted molar refractivity (Wildman–Crippen MR) is 295 cm³/mol. The number of aromatic nitrogens is 6. The molecule has 7 nitrogen and oxygen atoms in total. The molecule has 0 aliphatic rings. The van der Waals surface area contributed by atoms with Crippen molar-refractivity contribution in [2.75, 3.05) is 0 Å². The van der Waals surface area contributed by atoms with Crippen molar-refractivity contribution in [3.05, 3.63) is 255 Å². The minimum absolute atomic E-state index is 0.597. The standard InChI is InChI=1S/C66H42N6O/c1-5-17-43(18-6-1)51-25-13-27-53(41-51)65-69-61(47-21-9-3-10-22-47)67-63(71-65)49-37-33-45(34-38-49)55-29-15-31-57-58-32-16-30-56(60(58)73-59(55)57)46-35-39-50(40-36-46)64-68-62(48-23-11-4-12-24-48)70-66(72-64)54-28-14-26-52(42-54)44-19-7-2-8-20-44/h1-42H. The first kappa shape index (κ1) is 43.1. The van der Waals surface area contributed by atoms with E-state index in [2.05, 4.69) is 182 Å². The van der Waals surface area contributed by atoms with Crippen molar-refractivity contribution in [3.8, 4) is 113 Å². The number of rotatable bonds is 10. The molecule has 0 amide bonds. The first-order valence-electron chi connectivity index (χ1n) is 24.3. The van der Waals surface area contributed by atoms with Gasteiger partial charge in [-0.2, -0.15) is 0 Å². The van der Waals surface area contributed by atoms with Crippen LogP contribution in [-0.4, -0.2) is 29.9 Å². The molecule has 0 spiro atoms. The summed E-state index contributed by atoms with van der Waals surface area (Å²) in [5, 5.41) is 2.09. The van der Waals surface area contributed by atoms with E-state index < -0.39 is 0 Å². The highest BCUT2D eigenvalue weighted by Crippen LogP contribution is 2.41. The van der Waals surface area contributed by atoms with E-state index in [1.807, 2.05) is 72.8 Å². The molecule has 13 aromatic rings. The number of para-hydroxylation sites is 2. The van der Waals surface area contributed by atoms with Crippen LogP contribution in [0.15, 0.2) is 259 Å². The Labute approximate surface area is 421 Å². The zero-order chi connectivity index (χ0) is 48.5. The summed E-state index contributed by atoms with van der Waals surface area (Å²) in [5.41, 5.74) is 15.6. The summed E-state index contributed by atoms with van der Waals surface area (Å²) in [5.74, 6) is 3.65. The normalized spacial score (nSPS) is 11.3. The van der Waals surface area contributed by atoms with E-state index in [0.717, 1.165) is 99.8 Å². The molecule has 0 saturated heterocycles. The van der Waals surface area contributed by atoms with Crippen LogP contribution in [-0.2, 0) is 0 Å². The summed E-state index contributed by atoms with van der Waals surface area (Å²) >= 11 is 0. The number of hydrogen-bond donors (Lipinski definition) is 0. The van der Waals surface area contributed by atoms with Gasteiger partial charge < -0.3 is 4.42 Å². The lowest BCUT2D eigenvalue weighted by Gasteiger charge is -2.10. The van der Waals surface area contributed by atoms with Gasteiger partial charge in [0, 0.05) is 55.3 Å². The van der Waals surface area contributed by atoms with Gasteiger partial charge in [0.05, 0.1) is 0 Å². The van der Waals surface area contributed by atoms with Crippen LogP contribution in [0.4, 0.5) is 0 Å². The monoisotopic (exact) mass is 934 g/mol. The molecule has 0 bridgehead atoms. The summed E-state index contributed by atoms with van der Waals surface area (Å²) in [6, 6.07) is 87.1. The Morgan fingerprint density at radius 1 is 0.192 bits per heavy atom. The summed E-state index contributed by atoms with van der Waals surface area (Å²) in [6.45, 7) is 0. The number of nitrogens with zero attached hydrogens (tertiary/aromatic N) is 6. The van der Waals surface area contributed by atoms with E-state index in [4.69, 9.17) is 34.3 Å². The average molecular weight is 935 g/mol. The van der Waals surface area contributed by atoms with Crippen molar-refractivity contribution in [1.82, 2.24) is 29.9 Å². The van der Waals surface area contributed by atoms with Crippen LogP contribution in [0, 0.1) is 0 Å². The summed E-state index contributed by atoms with van der Waals surface area (Å²) in [6.07, 6.45) is 0. The number of fused-ring (bicyclic) bond motifs is 3. The van der Waals surface area contributed by atoms with Crippen molar-refractivity contribution in [2.45, 2.75) is 0 Å². The maximum atomic E-state index is 6.93. The molecule has 0 radical (unpaired) electrons. The van der Waals surface area contributed by atoms with Gasteiger partial charge in [0.1, 0.15) is 11.2 Å². The van der Waals surface area contributed by atoms with Gasteiger partial charge in [-0.3, -0.25) is 0 Å². The van der Waals surface area contributed by atoms with Crippen LogP contribution in [0.5, 0.6) is 0 Å². The van der Waals surface area contributed by atoms with Gasteiger partial charge in [0.2, 0.25) is 0 Å².